The molecule has 2 amide bonds. The highest BCUT2D eigenvalue weighted by atomic mass is 16.7. The SMILES string of the molecule is COc1cc(C(=O)NNC(=O)/C=C/c2ccc3c(c2)OCO3)cc(OC)c1OC. The summed E-state index contributed by atoms with van der Waals surface area (Å²) in [6.07, 6.45) is 2.87. The Bertz CT molecular complexity index is 931. The van der Waals surface area contributed by atoms with Gasteiger partial charge >= 0.3 is 0 Å². The molecule has 0 aliphatic carbocycles. The lowest BCUT2D eigenvalue weighted by Gasteiger charge is -2.14. The fourth-order valence-electron chi connectivity index (χ4n) is 2.63. The van der Waals surface area contributed by atoms with Crippen LogP contribution in [0, 0.1) is 0 Å². The maximum atomic E-state index is 12.4. The minimum Gasteiger partial charge on any atom is -0.493 e. The van der Waals surface area contributed by atoms with Crippen molar-refractivity contribution < 1.29 is 33.3 Å². The number of carbonyl (C=O) groups is 2. The normalized spacial score (nSPS) is 11.8. The van der Waals surface area contributed by atoms with E-state index in [0.717, 1.165) is 5.56 Å². The molecule has 2 aromatic rings. The molecular formula is C20H20N2O7. The van der Waals surface area contributed by atoms with Gasteiger partial charge < -0.3 is 23.7 Å². The molecule has 0 atom stereocenters. The van der Waals surface area contributed by atoms with E-state index < -0.39 is 11.8 Å². The van der Waals surface area contributed by atoms with Crippen molar-refractivity contribution in [2.45, 2.75) is 0 Å². The topological polar surface area (TPSA) is 104 Å². The highest BCUT2D eigenvalue weighted by Gasteiger charge is 2.17. The molecule has 29 heavy (non-hydrogen) atoms. The number of hydrogen-bond donors (Lipinski definition) is 2. The molecule has 2 aromatic carbocycles. The standard InChI is InChI=1S/C20H20N2O7/c1-25-16-9-13(10-17(26-2)19(16)27-3)20(24)22-21-18(23)7-5-12-4-6-14-15(8-12)29-11-28-14/h4-10H,11H2,1-3H3,(H,21,23)(H,22,24)/b7-5+. The van der Waals surface area contributed by atoms with Gasteiger partial charge in [-0.2, -0.15) is 0 Å². The number of hydrazine groups is 1. The van der Waals surface area contributed by atoms with Gasteiger partial charge in [-0.05, 0) is 35.9 Å². The van der Waals surface area contributed by atoms with Crippen LogP contribution >= 0.6 is 0 Å². The molecule has 0 fully saturated rings. The van der Waals surface area contributed by atoms with E-state index in [9.17, 15) is 9.59 Å². The molecule has 9 heteroatoms. The van der Waals surface area contributed by atoms with Crippen LogP contribution in [0.15, 0.2) is 36.4 Å². The molecule has 0 radical (unpaired) electrons. The van der Waals surface area contributed by atoms with Crippen LogP contribution in [0.25, 0.3) is 6.08 Å². The van der Waals surface area contributed by atoms with Gasteiger partial charge in [0.15, 0.2) is 23.0 Å². The van der Waals surface area contributed by atoms with Crippen molar-refractivity contribution in [1.29, 1.82) is 0 Å². The lowest BCUT2D eigenvalue weighted by Crippen LogP contribution is -2.40. The molecule has 0 aromatic heterocycles. The van der Waals surface area contributed by atoms with Gasteiger partial charge in [0.25, 0.3) is 11.8 Å². The van der Waals surface area contributed by atoms with E-state index in [1.807, 2.05) is 0 Å². The van der Waals surface area contributed by atoms with Crippen LogP contribution < -0.4 is 34.5 Å². The Kier molecular flexibility index (Phi) is 6.08. The van der Waals surface area contributed by atoms with Gasteiger partial charge in [-0.25, -0.2) is 0 Å². The van der Waals surface area contributed by atoms with Gasteiger partial charge in [-0.1, -0.05) is 6.07 Å². The Morgan fingerprint density at radius 3 is 2.28 bits per heavy atom. The average molecular weight is 400 g/mol. The van der Waals surface area contributed by atoms with E-state index in [-0.39, 0.29) is 12.4 Å². The Morgan fingerprint density at radius 2 is 1.62 bits per heavy atom. The number of amides is 2. The molecule has 9 nitrogen and oxygen atoms in total. The van der Waals surface area contributed by atoms with Crippen LogP contribution in [-0.4, -0.2) is 39.9 Å². The summed E-state index contributed by atoms with van der Waals surface area (Å²) >= 11 is 0. The molecule has 0 saturated heterocycles. The fourth-order valence-corrected chi connectivity index (χ4v) is 2.63. The van der Waals surface area contributed by atoms with Crippen molar-refractivity contribution in [3.05, 3.63) is 47.5 Å². The van der Waals surface area contributed by atoms with Crippen LogP contribution in [0.4, 0.5) is 0 Å². The Hall–Kier alpha value is -3.88. The predicted octanol–water partition coefficient (Wildman–Crippen LogP) is 1.92. The Labute approximate surface area is 167 Å². The molecule has 0 spiro atoms. The first-order chi connectivity index (χ1) is 14.0. The third-order valence-corrected chi connectivity index (χ3v) is 4.05. The molecule has 1 aliphatic rings. The van der Waals surface area contributed by atoms with Crippen molar-refractivity contribution in [3.63, 3.8) is 0 Å². The second-order valence-electron chi connectivity index (χ2n) is 5.80. The molecule has 0 saturated carbocycles. The summed E-state index contributed by atoms with van der Waals surface area (Å²) in [7, 11) is 4.36. The van der Waals surface area contributed by atoms with Gasteiger partial charge in [0.2, 0.25) is 12.5 Å². The largest absolute Gasteiger partial charge is 0.493 e. The smallest absolute Gasteiger partial charge is 0.269 e. The monoisotopic (exact) mass is 400 g/mol. The highest BCUT2D eigenvalue weighted by Crippen LogP contribution is 2.38. The molecule has 1 heterocycles. The van der Waals surface area contributed by atoms with Gasteiger partial charge in [0.05, 0.1) is 21.3 Å². The summed E-state index contributed by atoms with van der Waals surface area (Å²) in [4.78, 5) is 24.3. The van der Waals surface area contributed by atoms with Crippen LogP contribution in [0.5, 0.6) is 28.7 Å². The van der Waals surface area contributed by atoms with Crippen molar-refractivity contribution in [2.24, 2.45) is 0 Å². The molecule has 2 N–H and O–H groups in total. The number of ether oxygens (including phenoxy) is 5. The van der Waals surface area contributed by atoms with Gasteiger partial charge in [0, 0.05) is 11.6 Å². The summed E-state index contributed by atoms with van der Waals surface area (Å²) in [5.74, 6) is 1.23. The number of nitrogens with one attached hydrogen (secondary N) is 2. The fraction of sp³-hybridized carbons (Fsp3) is 0.200. The van der Waals surface area contributed by atoms with Crippen molar-refractivity contribution >= 4 is 17.9 Å². The second kappa shape index (κ2) is 8.87. The Morgan fingerprint density at radius 1 is 0.931 bits per heavy atom. The van der Waals surface area contributed by atoms with Crippen LogP contribution in [0.1, 0.15) is 15.9 Å². The quantitative estimate of drug-likeness (QED) is 0.564. The number of benzene rings is 2. The maximum absolute atomic E-state index is 12.4. The van der Waals surface area contributed by atoms with E-state index >= 15 is 0 Å². The van der Waals surface area contributed by atoms with E-state index in [1.54, 1.807) is 24.3 Å². The first kappa shape index (κ1) is 19.9. The number of fused-ring (bicyclic) bond motifs is 1. The summed E-state index contributed by atoms with van der Waals surface area (Å²) in [6.45, 7) is 0.177. The first-order valence-corrected chi connectivity index (χ1v) is 8.53. The number of carbonyl (C=O) groups excluding carboxylic acids is 2. The summed E-state index contributed by atoms with van der Waals surface area (Å²) in [5, 5.41) is 0. The zero-order valence-corrected chi connectivity index (χ0v) is 16.1. The molecule has 152 valence electrons. The highest BCUT2D eigenvalue weighted by molar-refractivity contribution is 5.98. The lowest BCUT2D eigenvalue weighted by molar-refractivity contribution is -0.117. The summed E-state index contributed by atoms with van der Waals surface area (Å²) in [6, 6.07) is 8.25. The minimum atomic E-state index is -0.547. The third kappa shape index (κ3) is 4.52. The number of rotatable bonds is 6. The molecular weight excluding hydrogens is 380 g/mol. The van der Waals surface area contributed by atoms with E-state index in [1.165, 1.54) is 39.5 Å². The molecule has 0 bridgehead atoms. The van der Waals surface area contributed by atoms with Crippen LogP contribution in [0.2, 0.25) is 0 Å². The van der Waals surface area contributed by atoms with E-state index in [2.05, 4.69) is 10.9 Å². The minimum absolute atomic E-state index is 0.177. The van der Waals surface area contributed by atoms with Crippen LogP contribution in [0.3, 0.4) is 0 Å². The number of methoxy groups -OCH3 is 3. The van der Waals surface area contributed by atoms with Crippen LogP contribution in [-0.2, 0) is 4.79 Å². The van der Waals surface area contributed by atoms with E-state index in [4.69, 9.17) is 23.7 Å². The van der Waals surface area contributed by atoms with Crippen molar-refractivity contribution in [3.8, 4) is 28.7 Å². The summed E-state index contributed by atoms with van der Waals surface area (Å²) < 4.78 is 26.2. The maximum Gasteiger partial charge on any atom is 0.269 e. The Balaban J connectivity index is 1.62. The van der Waals surface area contributed by atoms with Gasteiger partial charge in [0.1, 0.15) is 0 Å². The van der Waals surface area contributed by atoms with Gasteiger partial charge in [-0.3, -0.25) is 20.4 Å². The van der Waals surface area contributed by atoms with E-state index in [0.29, 0.717) is 28.7 Å². The molecule has 1 aliphatic heterocycles. The molecule has 3 rings (SSSR count). The lowest BCUT2D eigenvalue weighted by atomic mass is 10.1. The average Bonchev–Trinajstić information content (AvgIpc) is 3.22. The second-order valence-corrected chi connectivity index (χ2v) is 5.80. The zero-order chi connectivity index (χ0) is 20.8. The summed E-state index contributed by atoms with van der Waals surface area (Å²) in [5.41, 5.74) is 5.62. The first-order valence-electron chi connectivity index (χ1n) is 8.53. The number of hydrogen-bond acceptors (Lipinski definition) is 7. The molecule has 0 unspecified atom stereocenters. The van der Waals surface area contributed by atoms with Crippen molar-refractivity contribution in [2.75, 3.05) is 28.1 Å². The zero-order valence-electron chi connectivity index (χ0n) is 16.1. The predicted molar refractivity (Wildman–Crippen MR) is 103 cm³/mol. The van der Waals surface area contributed by atoms with Gasteiger partial charge in [-0.15, -0.1) is 0 Å². The third-order valence-electron chi connectivity index (χ3n) is 4.05. The van der Waals surface area contributed by atoms with Crippen molar-refractivity contribution in [1.82, 2.24) is 10.9 Å².